The van der Waals surface area contributed by atoms with E-state index in [-0.39, 0.29) is 6.10 Å². The van der Waals surface area contributed by atoms with E-state index in [1.54, 1.807) is 6.20 Å². The van der Waals surface area contributed by atoms with Gasteiger partial charge in [0, 0.05) is 18.9 Å². The van der Waals surface area contributed by atoms with Crippen LogP contribution in [0.4, 0.5) is 0 Å². The molecule has 0 bridgehead atoms. The molecule has 4 nitrogen and oxygen atoms in total. The van der Waals surface area contributed by atoms with Crippen LogP contribution in [0, 0.1) is 0 Å². The van der Waals surface area contributed by atoms with Crippen molar-refractivity contribution in [1.29, 1.82) is 0 Å². The zero-order valence-electron chi connectivity index (χ0n) is 8.39. The number of nitrogens with one attached hydrogen (secondary N) is 1. The molecule has 0 amide bonds. The van der Waals surface area contributed by atoms with Gasteiger partial charge in [0.15, 0.2) is 5.88 Å². The molecule has 78 valence electrons. The maximum atomic E-state index is 5.91. The first-order valence-corrected chi connectivity index (χ1v) is 5.23. The predicted molar refractivity (Wildman–Crippen MR) is 57.1 cm³/mol. The largest absolute Gasteiger partial charge is 0.474 e. The standard InChI is InChI=1S/C11H13N3O/c1-2-10-13-6-7-14(10)11(3-1)15-9-4-5-12-8-9/h1-3,6-7,9,12H,4-5,8H2. The van der Waals surface area contributed by atoms with E-state index >= 15 is 0 Å². The minimum atomic E-state index is 0.290. The third-order valence-electron chi connectivity index (χ3n) is 2.69. The van der Waals surface area contributed by atoms with Crippen molar-refractivity contribution in [2.75, 3.05) is 13.1 Å². The molecule has 3 rings (SSSR count). The average molecular weight is 203 g/mol. The van der Waals surface area contributed by atoms with Gasteiger partial charge in [0.05, 0.1) is 0 Å². The van der Waals surface area contributed by atoms with Gasteiger partial charge in [-0.2, -0.15) is 0 Å². The van der Waals surface area contributed by atoms with Crippen LogP contribution in [0.1, 0.15) is 6.42 Å². The molecule has 1 aliphatic rings. The number of rotatable bonds is 2. The van der Waals surface area contributed by atoms with Gasteiger partial charge in [0.25, 0.3) is 0 Å². The van der Waals surface area contributed by atoms with E-state index in [9.17, 15) is 0 Å². The molecule has 0 aliphatic carbocycles. The van der Waals surface area contributed by atoms with E-state index in [1.165, 1.54) is 0 Å². The molecule has 1 saturated heterocycles. The topological polar surface area (TPSA) is 38.6 Å². The highest BCUT2D eigenvalue weighted by Crippen LogP contribution is 2.16. The second-order valence-electron chi connectivity index (χ2n) is 3.75. The minimum absolute atomic E-state index is 0.290. The first-order valence-electron chi connectivity index (χ1n) is 5.23. The van der Waals surface area contributed by atoms with Crippen molar-refractivity contribution in [1.82, 2.24) is 14.7 Å². The number of fused-ring (bicyclic) bond motifs is 1. The molecule has 0 radical (unpaired) electrons. The maximum absolute atomic E-state index is 5.91. The quantitative estimate of drug-likeness (QED) is 0.793. The van der Waals surface area contributed by atoms with Gasteiger partial charge in [0.1, 0.15) is 11.8 Å². The molecule has 0 aromatic carbocycles. The number of imidazole rings is 1. The van der Waals surface area contributed by atoms with Crippen LogP contribution >= 0.6 is 0 Å². The summed E-state index contributed by atoms with van der Waals surface area (Å²) in [6.07, 6.45) is 5.07. The minimum Gasteiger partial charge on any atom is -0.474 e. The molecule has 1 fully saturated rings. The van der Waals surface area contributed by atoms with Gasteiger partial charge in [0.2, 0.25) is 0 Å². The molecule has 1 aliphatic heterocycles. The van der Waals surface area contributed by atoms with E-state index in [0.29, 0.717) is 0 Å². The molecule has 1 unspecified atom stereocenters. The van der Waals surface area contributed by atoms with Crippen molar-refractivity contribution >= 4 is 5.65 Å². The van der Waals surface area contributed by atoms with Gasteiger partial charge in [-0.1, -0.05) is 6.07 Å². The van der Waals surface area contributed by atoms with Crippen molar-refractivity contribution in [2.24, 2.45) is 0 Å². The van der Waals surface area contributed by atoms with Gasteiger partial charge in [-0.3, -0.25) is 4.40 Å². The number of nitrogens with zero attached hydrogens (tertiary/aromatic N) is 2. The SMILES string of the molecule is c1cc(OC2CCNC2)n2ccnc2c1. The number of ether oxygens (including phenoxy) is 1. The number of hydrogen-bond donors (Lipinski definition) is 1. The Labute approximate surface area is 87.9 Å². The second-order valence-corrected chi connectivity index (χ2v) is 3.75. The molecule has 0 saturated carbocycles. The van der Waals surface area contributed by atoms with Gasteiger partial charge >= 0.3 is 0 Å². The lowest BCUT2D eigenvalue weighted by Crippen LogP contribution is -2.20. The van der Waals surface area contributed by atoms with Crippen LogP contribution in [-0.4, -0.2) is 28.6 Å². The van der Waals surface area contributed by atoms with Crippen LogP contribution in [0.2, 0.25) is 0 Å². The predicted octanol–water partition coefficient (Wildman–Crippen LogP) is 1.07. The molecule has 15 heavy (non-hydrogen) atoms. The normalized spacial score (nSPS) is 20.9. The van der Waals surface area contributed by atoms with E-state index in [4.69, 9.17) is 4.74 Å². The van der Waals surface area contributed by atoms with Crippen LogP contribution < -0.4 is 10.1 Å². The Morgan fingerprint density at radius 2 is 2.47 bits per heavy atom. The van der Waals surface area contributed by atoms with Gasteiger partial charge in [-0.25, -0.2) is 4.98 Å². The second kappa shape index (κ2) is 3.55. The van der Waals surface area contributed by atoms with Crippen LogP contribution in [-0.2, 0) is 0 Å². The van der Waals surface area contributed by atoms with Crippen molar-refractivity contribution < 1.29 is 4.74 Å². The summed E-state index contributed by atoms with van der Waals surface area (Å²) in [4.78, 5) is 4.22. The van der Waals surface area contributed by atoms with Crippen molar-refractivity contribution in [3.63, 3.8) is 0 Å². The molecule has 0 spiro atoms. The average Bonchev–Trinajstić information content (AvgIpc) is 2.87. The molecular formula is C11H13N3O. The molecule has 4 heteroatoms. The van der Waals surface area contributed by atoms with Gasteiger partial charge < -0.3 is 10.1 Å². The maximum Gasteiger partial charge on any atom is 0.199 e. The van der Waals surface area contributed by atoms with Crippen molar-refractivity contribution in [2.45, 2.75) is 12.5 Å². The Morgan fingerprint density at radius 3 is 3.33 bits per heavy atom. The molecule has 1 N–H and O–H groups in total. The first-order chi connectivity index (χ1) is 7.43. The highest BCUT2D eigenvalue weighted by atomic mass is 16.5. The molecule has 2 aromatic rings. The summed E-state index contributed by atoms with van der Waals surface area (Å²) in [6.45, 7) is 1.98. The summed E-state index contributed by atoms with van der Waals surface area (Å²) in [5.74, 6) is 0.874. The van der Waals surface area contributed by atoms with Crippen LogP contribution in [0.5, 0.6) is 5.88 Å². The monoisotopic (exact) mass is 203 g/mol. The zero-order chi connectivity index (χ0) is 10.1. The number of pyridine rings is 1. The third kappa shape index (κ3) is 1.57. The summed E-state index contributed by atoms with van der Waals surface area (Å²) in [6, 6.07) is 5.92. The molecule has 1 atom stereocenters. The van der Waals surface area contributed by atoms with E-state index in [2.05, 4.69) is 10.3 Å². The van der Waals surface area contributed by atoms with Crippen LogP contribution in [0.15, 0.2) is 30.6 Å². The highest BCUT2D eigenvalue weighted by molar-refractivity contribution is 5.41. The highest BCUT2D eigenvalue weighted by Gasteiger charge is 2.16. The van der Waals surface area contributed by atoms with E-state index in [0.717, 1.165) is 31.0 Å². The third-order valence-corrected chi connectivity index (χ3v) is 2.69. The lowest BCUT2D eigenvalue weighted by atomic mass is 10.3. The Morgan fingerprint density at radius 1 is 1.47 bits per heavy atom. The fourth-order valence-electron chi connectivity index (χ4n) is 1.92. The Kier molecular flexibility index (Phi) is 2.07. The summed E-state index contributed by atoms with van der Waals surface area (Å²) >= 11 is 0. The smallest absolute Gasteiger partial charge is 0.199 e. The van der Waals surface area contributed by atoms with Crippen LogP contribution in [0.3, 0.4) is 0 Å². The van der Waals surface area contributed by atoms with Gasteiger partial charge in [-0.05, 0) is 25.1 Å². The van der Waals surface area contributed by atoms with Crippen LogP contribution in [0.25, 0.3) is 5.65 Å². The van der Waals surface area contributed by atoms with Crippen molar-refractivity contribution in [3.8, 4) is 5.88 Å². The Balaban J connectivity index is 1.92. The molecular weight excluding hydrogens is 190 g/mol. The summed E-state index contributed by atoms with van der Waals surface area (Å²) in [5.41, 5.74) is 0.929. The Bertz CT molecular complexity index is 460. The number of hydrogen-bond acceptors (Lipinski definition) is 3. The fraction of sp³-hybridized carbons (Fsp3) is 0.364. The number of aromatic nitrogens is 2. The van der Waals surface area contributed by atoms with Gasteiger partial charge in [-0.15, -0.1) is 0 Å². The lowest BCUT2D eigenvalue weighted by Gasteiger charge is -2.13. The fourth-order valence-corrected chi connectivity index (χ4v) is 1.92. The van der Waals surface area contributed by atoms with E-state index in [1.807, 2.05) is 28.8 Å². The first kappa shape index (κ1) is 8.73. The summed E-state index contributed by atoms with van der Waals surface area (Å²) in [5, 5.41) is 3.28. The Hall–Kier alpha value is -1.55. The zero-order valence-corrected chi connectivity index (χ0v) is 8.39. The molecule has 2 aromatic heterocycles. The lowest BCUT2D eigenvalue weighted by molar-refractivity contribution is 0.211. The molecule has 3 heterocycles. The van der Waals surface area contributed by atoms with Crippen molar-refractivity contribution in [3.05, 3.63) is 30.6 Å². The summed E-state index contributed by atoms with van der Waals surface area (Å²) < 4.78 is 7.88. The van der Waals surface area contributed by atoms with E-state index < -0.39 is 0 Å². The summed E-state index contributed by atoms with van der Waals surface area (Å²) in [7, 11) is 0.